The van der Waals surface area contributed by atoms with E-state index in [0.29, 0.717) is 29.3 Å². The van der Waals surface area contributed by atoms with Crippen molar-refractivity contribution in [3.63, 3.8) is 0 Å². The fourth-order valence-electron chi connectivity index (χ4n) is 7.35. The minimum atomic E-state index is -0.740. The molecule has 4 N–H and O–H groups in total. The van der Waals surface area contributed by atoms with E-state index in [1.165, 1.54) is 49.7 Å². The molecule has 1 aromatic carbocycles. The first kappa shape index (κ1) is 24.9. The van der Waals surface area contributed by atoms with Crippen molar-refractivity contribution >= 4 is 29.0 Å². The summed E-state index contributed by atoms with van der Waals surface area (Å²) in [6, 6.07) is 5.92. The van der Waals surface area contributed by atoms with E-state index in [2.05, 4.69) is 51.3 Å². The Hall–Kier alpha value is -3.14. The van der Waals surface area contributed by atoms with Gasteiger partial charge in [0.15, 0.2) is 0 Å². The van der Waals surface area contributed by atoms with Crippen LogP contribution < -0.4 is 21.3 Å². The highest BCUT2D eigenvalue weighted by molar-refractivity contribution is 6.07. The van der Waals surface area contributed by atoms with Gasteiger partial charge in [-0.3, -0.25) is 0 Å². The molecule has 3 saturated heterocycles. The van der Waals surface area contributed by atoms with Crippen molar-refractivity contribution in [1.29, 1.82) is 0 Å². The average molecular weight is 534 g/mol. The molecule has 1 saturated carbocycles. The van der Waals surface area contributed by atoms with Crippen molar-refractivity contribution in [2.24, 2.45) is 16.3 Å². The van der Waals surface area contributed by atoms with E-state index in [9.17, 15) is 0 Å². The van der Waals surface area contributed by atoms with Crippen molar-refractivity contribution in [3.05, 3.63) is 35.3 Å². The molecule has 6 aliphatic rings. The molecule has 10 heteroatoms. The van der Waals surface area contributed by atoms with Crippen LogP contribution in [0.15, 0.2) is 34.5 Å². The van der Waals surface area contributed by atoms with Crippen molar-refractivity contribution in [2.75, 3.05) is 42.1 Å². The highest BCUT2D eigenvalue weighted by atomic mass is 19.1. The Kier molecular flexibility index (Phi) is 5.70. The van der Waals surface area contributed by atoms with Crippen molar-refractivity contribution in [2.45, 2.75) is 77.5 Å². The molecule has 8 rings (SSSR count). The van der Waals surface area contributed by atoms with Gasteiger partial charge in [0.2, 0.25) is 17.7 Å². The number of nitrogens with two attached hydrogens (primary N) is 1. The molecule has 2 bridgehead atoms. The van der Waals surface area contributed by atoms with E-state index >= 15 is 4.39 Å². The molecule has 2 atom stereocenters. The van der Waals surface area contributed by atoms with Crippen LogP contribution in [0.5, 0.6) is 0 Å². The molecule has 39 heavy (non-hydrogen) atoms. The maximum absolute atomic E-state index is 15.2. The number of nitrogens with one attached hydrogen (secondary N) is 2. The SMILES string of the molecule is CC1CCC(C)(C)C2=NC3(n4nc(Nc5ccc(N6CCC(N7CCCC7)CC6)c(F)c5)nc4N)CC(=C21)N3. The zero-order chi connectivity index (χ0) is 26.9. The minimum absolute atomic E-state index is 0.0139. The summed E-state index contributed by atoms with van der Waals surface area (Å²) in [6.07, 6.45) is 7.82. The lowest BCUT2D eigenvalue weighted by Gasteiger charge is -2.52. The van der Waals surface area contributed by atoms with E-state index in [-0.39, 0.29) is 17.2 Å². The average Bonchev–Trinajstić information content (AvgIpc) is 3.56. The van der Waals surface area contributed by atoms with Gasteiger partial charge in [-0.2, -0.15) is 9.67 Å². The van der Waals surface area contributed by atoms with Gasteiger partial charge in [0.1, 0.15) is 5.82 Å². The van der Waals surface area contributed by atoms with Gasteiger partial charge in [-0.15, -0.1) is 5.10 Å². The standard InChI is InChI=1S/C29H40FN9/c1-18-8-11-28(2,3)25-24(18)22-17-29(34-22,35-25)39-26(31)33-27(36-39)32-19-6-7-23(21(30)16-19)38-14-9-20(10-15-38)37-12-4-5-13-37/h6-7,16,18,20,34H,4-5,8-15,17H2,1-3H3,(H3,31,32,33,36). The van der Waals surface area contributed by atoms with Gasteiger partial charge >= 0.3 is 0 Å². The van der Waals surface area contributed by atoms with E-state index in [1.54, 1.807) is 4.68 Å². The summed E-state index contributed by atoms with van der Waals surface area (Å²) >= 11 is 0. The summed E-state index contributed by atoms with van der Waals surface area (Å²) in [4.78, 5) is 14.4. The Morgan fingerprint density at radius 2 is 1.85 bits per heavy atom. The quantitative estimate of drug-likeness (QED) is 0.518. The number of dihydropyridines is 1. The second-order valence-electron chi connectivity index (χ2n) is 12.8. The molecule has 5 aliphatic heterocycles. The highest BCUT2D eigenvalue weighted by Crippen LogP contribution is 2.50. The number of rotatable bonds is 5. The van der Waals surface area contributed by atoms with E-state index in [1.807, 2.05) is 12.1 Å². The fraction of sp³-hybridized carbons (Fsp3) is 0.621. The van der Waals surface area contributed by atoms with Crippen LogP contribution in [0.2, 0.25) is 0 Å². The lowest BCUT2D eigenvalue weighted by atomic mass is 9.66. The van der Waals surface area contributed by atoms with E-state index < -0.39 is 5.79 Å². The monoisotopic (exact) mass is 533 g/mol. The molecule has 0 amide bonds. The third kappa shape index (κ3) is 4.10. The maximum atomic E-state index is 15.2. The van der Waals surface area contributed by atoms with Crippen LogP contribution in [0.4, 0.5) is 27.7 Å². The van der Waals surface area contributed by atoms with Gasteiger partial charge in [0, 0.05) is 35.9 Å². The van der Waals surface area contributed by atoms with Crippen molar-refractivity contribution < 1.29 is 4.39 Å². The van der Waals surface area contributed by atoms with Gasteiger partial charge in [0.05, 0.1) is 17.8 Å². The predicted molar refractivity (Wildman–Crippen MR) is 153 cm³/mol. The number of hydrogen-bond acceptors (Lipinski definition) is 8. The van der Waals surface area contributed by atoms with Crippen LogP contribution in [0.25, 0.3) is 0 Å². The zero-order valence-electron chi connectivity index (χ0n) is 23.3. The zero-order valence-corrected chi connectivity index (χ0v) is 23.3. The largest absolute Gasteiger partial charge is 0.369 e. The van der Waals surface area contributed by atoms with Gasteiger partial charge < -0.3 is 26.2 Å². The molecule has 9 nitrogen and oxygen atoms in total. The van der Waals surface area contributed by atoms with Gasteiger partial charge in [-0.25, -0.2) is 9.38 Å². The second kappa shape index (κ2) is 8.94. The Bertz CT molecular complexity index is 1340. The molecule has 1 aliphatic carbocycles. The van der Waals surface area contributed by atoms with Crippen LogP contribution in [-0.2, 0) is 5.79 Å². The summed E-state index contributed by atoms with van der Waals surface area (Å²) in [7, 11) is 0. The number of likely N-dealkylation sites (tertiary alicyclic amines) is 1. The molecule has 0 radical (unpaired) electrons. The lowest BCUT2D eigenvalue weighted by molar-refractivity contribution is 0.138. The Labute approximate surface area is 229 Å². The summed E-state index contributed by atoms with van der Waals surface area (Å²) in [5, 5.41) is 11.4. The molecule has 208 valence electrons. The topological polar surface area (TPSA) is 99.6 Å². The van der Waals surface area contributed by atoms with Gasteiger partial charge in [0.25, 0.3) is 0 Å². The van der Waals surface area contributed by atoms with Crippen LogP contribution >= 0.6 is 0 Å². The Balaban J connectivity index is 1.06. The number of aromatic nitrogens is 3. The molecule has 4 fully saturated rings. The van der Waals surface area contributed by atoms with E-state index in [4.69, 9.17) is 10.7 Å². The Morgan fingerprint density at radius 1 is 1.10 bits per heavy atom. The summed E-state index contributed by atoms with van der Waals surface area (Å²) < 4.78 is 16.9. The predicted octanol–water partition coefficient (Wildman–Crippen LogP) is 4.58. The molecule has 0 spiro atoms. The van der Waals surface area contributed by atoms with Crippen LogP contribution in [0.3, 0.4) is 0 Å². The van der Waals surface area contributed by atoms with Crippen LogP contribution in [0.1, 0.15) is 65.7 Å². The highest BCUT2D eigenvalue weighted by Gasteiger charge is 2.53. The number of nitrogens with zero attached hydrogens (tertiary/aromatic N) is 6. The third-order valence-corrected chi connectivity index (χ3v) is 9.64. The lowest BCUT2D eigenvalue weighted by Crippen LogP contribution is -2.61. The first-order chi connectivity index (χ1) is 18.7. The summed E-state index contributed by atoms with van der Waals surface area (Å²) in [5.74, 6) is 0.132. The van der Waals surface area contributed by atoms with E-state index in [0.717, 1.165) is 44.5 Å². The van der Waals surface area contributed by atoms with Crippen LogP contribution in [0, 0.1) is 17.2 Å². The second-order valence-corrected chi connectivity index (χ2v) is 12.8. The number of benzene rings is 1. The minimum Gasteiger partial charge on any atom is -0.369 e. The van der Waals surface area contributed by atoms with Gasteiger partial charge in [-0.05, 0) is 81.3 Å². The smallest absolute Gasteiger partial charge is 0.248 e. The number of aliphatic imine (C=N–C) groups is 1. The van der Waals surface area contributed by atoms with Crippen molar-refractivity contribution in [3.8, 4) is 0 Å². The normalized spacial score (nSPS) is 28.6. The van der Waals surface area contributed by atoms with Gasteiger partial charge in [-0.1, -0.05) is 20.8 Å². The maximum Gasteiger partial charge on any atom is 0.248 e. The summed E-state index contributed by atoms with van der Waals surface area (Å²) in [6.45, 7) is 11.0. The number of hydrogen-bond donors (Lipinski definition) is 3. The molecular weight excluding hydrogens is 493 g/mol. The number of piperidine rings is 1. The Morgan fingerprint density at radius 3 is 2.56 bits per heavy atom. The molecular formula is C29H40FN9. The summed E-state index contributed by atoms with van der Waals surface area (Å²) in [5.41, 5.74) is 11.4. The first-order valence-electron chi connectivity index (χ1n) is 14.6. The van der Waals surface area contributed by atoms with Crippen molar-refractivity contribution in [1.82, 2.24) is 25.0 Å². The molecule has 2 aromatic rings. The fourth-order valence-corrected chi connectivity index (χ4v) is 7.35. The number of allylic oxidation sites excluding steroid dienone is 1. The van der Waals surface area contributed by atoms with Crippen LogP contribution in [-0.4, -0.2) is 57.6 Å². The molecule has 6 heterocycles. The number of halogens is 1. The number of nitrogen functional groups attached to an aromatic ring is 1. The molecule has 2 unspecified atom stereocenters. The first-order valence-corrected chi connectivity index (χ1v) is 14.6. The molecule has 1 aromatic heterocycles. The third-order valence-electron chi connectivity index (χ3n) is 9.64. The number of anilines is 4.